The van der Waals surface area contributed by atoms with E-state index in [1.54, 1.807) is 12.1 Å². The largest absolute Gasteiger partial charge is 0.318 e. The highest BCUT2D eigenvalue weighted by atomic mass is 32.2. The lowest BCUT2D eigenvalue weighted by Crippen LogP contribution is -2.12. The van der Waals surface area contributed by atoms with Crippen LogP contribution in [0.3, 0.4) is 0 Å². The molecule has 0 unspecified atom stereocenters. The van der Waals surface area contributed by atoms with Crippen molar-refractivity contribution in [2.75, 3.05) is 0 Å². The first-order chi connectivity index (χ1) is 13.8. The molecule has 4 rings (SSSR count). The van der Waals surface area contributed by atoms with E-state index in [1.807, 2.05) is 38.3 Å². The highest BCUT2D eigenvalue weighted by Crippen LogP contribution is 2.23. The van der Waals surface area contributed by atoms with Gasteiger partial charge in [-0.15, -0.1) is 0 Å². The van der Waals surface area contributed by atoms with E-state index in [4.69, 9.17) is 5.14 Å². The maximum Gasteiger partial charge on any atom is 0.238 e. The van der Waals surface area contributed by atoms with E-state index in [0.29, 0.717) is 0 Å². The number of nitrogens with two attached hydrogens (primary N) is 1. The van der Waals surface area contributed by atoms with Crippen LogP contribution in [0.15, 0.2) is 82.7 Å². The summed E-state index contributed by atoms with van der Waals surface area (Å²) in [5.41, 5.74) is 4.83. The third-order valence-electron chi connectivity index (χ3n) is 4.98. The molecule has 5 nitrogen and oxygen atoms in total. The molecule has 1 aromatic heterocycles. The first-order valence-electron chi connectivity index (χ1n) is 9.18. The van der Waals surface area contributed by atoms with E-state index in [-0.39, 0.29) is 4.90 Å². The summed E-state index contributed by atoms with van der Waals surface area (Å²) in [4.78, 5) is 4.75. The Morgan fingerprint density at radius 2 is 1.59 bits per heavy atom. The molecule has 0 aliphatic rings. The number of aliphatic imine (C=N–C) groups is 1. The average molecular weight is 404 g/mol. The molecule has 4 aromatic rings. The van der Waals surface area contributed by atoms with E-state index < -0.39 is 10.0 Å². The van der Waals surface area contributed by atoms with Gasteiger partial charge in [0, 0.05) is 28.9 Å². The van der Waals surface area contributed by atoms with Gasteiger partial charge in [0.05, 0.1) is 10.6 Å². The molecular formula is C23H21N3O2S. The quantitative estimate of drug-likeness (QED) is 0.504. The SMILES string of the molecule is Cc1cc(C=Nc2ccc3ccccc3c2)c(C)n1-c1ccc(S(N)(=O)=O)cc1. The topological polar surface area (TPSA) is 77.5 Å². The Balaban J connectivity index is 1.67. The summed E-state index contributed by atoms with van der Waals surface area (Å²) in [6, 6.07) is 22.9. The summed E-state index contributed by atoms with van der Waals surface area (Å²) in [5.74, 6) is 0. The molecule has 0 spiro atoms. The Bertz CT molecular complexity index is 1330. The lowest BCUT2D eigenvalue weighted by atomic mass is 10.1. The second kappa shape index (κ2) is 7.31. The van der Waals surface area contributed by atoms with Crippen molar-refractivity contribution >= 4 is 32.7 Å². The predicted molar refractivity (Wildman–Crippen MR) is 118 cm³/mol. The number of aryl methyl sites for hydroxylation is 1. The van der Waals surface area contributed by atoms with E-state index >= 15 is 0 Å². The molecule has 2 N–H and O–H groups in total. The van der Waals surface area contributed by atoms with Gasteiger partial charge in [0.25, 0.3) is 0 Å². The number of benzene rings is 3. The third kappa shape index (κ3) is 3.85. The van der Waals surface area contributed by atoms with Gasteiger partial charge >= 0.3 is 0 Å². The fourth-order valence-electron chi connectivity index (χ4n) is 3.50. The molecular weight excluding hydrogens is 382 g/mol. The monoisotopic (exact) mass is 403 g/mol. The summed E-state index contributed by atoms with van der Waals surface area (Å²) in [7, 11) is -3.70. The van der Waals surface area contributed by atoms with Crippen molar-refractivity contribution in [1.82, 2.24) is 4.57 Å². The van der Waals surface area contributed by atoms with Gasteiger partial charge in [0.2, 0.25) is 10.0 Å². The highest BCUT2D eigenvalue weighted by Gasteiger charge is 2.12. The second-order valence-electron chi connectivity index (χ2n) is 6.99. The van der Waals surface area contributed by atoms with Crippen LogP contribution in [0.1, 0.15) is 17.0 Å². The lowest BCUT2D eigenvalue weighted by molar-refractivity contribution is 0.598. The van der Waals surface area contributed by atoms with E-state index in [0.717, 1.165) is 33.7 Å². The van der Waals surface area contributed by atoms with Crippen LogP contribution in [0, 0.1) is 13.8 Å². The van der Waals surface area contributed by atoms with Crippen molar-refractivity contribution in [2.24, 2.45) is 10.1 Å². The van der Waals surface area contributed by atoms with Crippen molar-refractivity contribution in [3.05, 3.63) is 89.7 Å². The Kier molecular flexibility index (Phi) is 4.82. The molecule has 146 valence electrons. The molecule has 0 radical (unpaired) electrons. The second-order valence-corrected chi connectivity index (χ2v) is 8.55. The van der Waals surface area contributed by atoms with Gasteiger partial charge in [-0.2, -0.15) is 0 Å². The number of rotatable bonds is 4. The maximum atomic E-state index is 11.5. The minimum absolute atomic E-state index is 0.0989. The molecule has 1 heterocycles. The van der Waals surface area contributed by atoms with Gasteiger partial charge in [-0.05, 0) is 67.1 Å². The van der Waals surface area contributed by atoms with Crippen molar-refractivity contribution in [3.8, 4) is 5.69 Å². The van der Waals surface area contributed by atoms with E-state index in [1.165, 1.54) is 17.5 Å². The van der Waals surface area contributed by atoms with Crippen molar-refractivity contribution < 1.29 is 8.42 Å². The standard InChI is InChI=1S/C23H21N3O2S/c1-16-13-20(15-25-21-8-7-18-5-3-4-6-19(18)14-21)17(2)26(16)22-9-11-23(12-10-22)29(24,27)28/h3-15H,1-2H3,(H2,24,27,28). The Morgan fingerprint density at radius 3 is 2.28 bits per heavy atom. The zero-order valence-electron chi connectivity index (χ0n) is 16.2. The summed E-state index contributed by atoms with van der Waals surface area (Å²) in [5, 5.41) is 7.53. The molecule has 0 saturated carbocycles. The summed E-state index contributed by atoms with van der Waals surface area (Å²) in [6.07, 6.45) is 1.86. The van der Waals surface area contributed by atoms with Gasteiger partial charge in [-0.25, -0.2) is 13.6 Å². The summed E-state index contributed by atoms with van der Waals surface area (Å²) >= 11 is 0. The molecule has 3 aromatic carbocycles. The minimum Gasteiger partial charge on any atom is -0.318 e. The van der Waals surface area contributed by atoms with E-state index in [2.05, 4.69) is 39.9 Å². The molecule has 0 aliphatic carbocycles. The van der Waals surface area contributed by atoms with Gasteiger partial charge < -0.3 is 4.57 Å². The van der Waals surface area contributed by atoms with Crippen LogP contribution in [0.4, 0.5) is 5.69 Å². The van der Waals surface area contributed by atoms with Crippen LogP contribution in [0.25, 0.3) is 16.5 Å². The zero-order valence-corrected chi connectivity index (χ0v) is 17.0. The Hall–Kier alpha value is -3.22. The zero-order chi connectivity index (χ0) is 20.6. The number of hydrogen-bond acceptors (Lipinski definition) is 3. The lowest BCUT2D eigenvalue weighted by Gasteiger charge is -2.10. The van der Waals surface area contributed by atoms with Crippen LogP contribution >= 0.6 is 0 Å². The number of sulfonamides is 1. The van der Waals surface area contributed by atoms with Gasteiger partial charge in [0.1, 0.15) is 0 Å². The minimum atomic E-state index is -3.70. The van der Waals surface area contributed by atoms with Crippen LogP contribution in [0.2, 0.25) is 0 Å². The number of fused-ring (bicyclic) bond motifs is 1. The van der Waals surface area contributed by atoms with Crippen LogP contribution in [-0.2, 0) is 10.0 Å². The molecule has 0 bridgehead atoms. The average Bonchev–Trinajstić information content (AvgIpc) is 2.99. The summed E-state index contributed by atoms with van der Waals surface area (Å²) in [6.45, 7) is 4.02. The van der Waals surface area contributed by atoms with Crippen molar-refractivity contribution in [2.45, 2.75) is 18.7 Å². The van der Waals surface area contributed by atoms with Crippen LogP contribution in [-0.4, -0.2) is 19.2 Å². The fraction of sp³-hybridized carbons (Fsp3) is 0.0870. The van der Waals surface area contributed by atoms with E-state index in [9.17, 15) is 8.42 Å². The molecule has 0 amide bonds. The van der Waals surface area contributed by atoms with Crippen LogP contribution < -0.4 is 5.14 Å². The molecule has 0 fully saturated rings. The fourth-order valence-corrected chi connectivity index (χ4v) is 4.02. The first kappa shape index (κ1) is 19.1. The highest BCUT2D eigenvalue weighted by molar-refractivity contribution is 7.89. The molecule has 29 heavy (non-hydrogen) atoms. The van der Waals surface area contributed by atoms with Crippen molar-refractivity contribution in [1.29, 1.82) is 0 Å². The first-order valence-corrected chi connectivity index (χ1v) is 10.7. The number of hydrogen-bond donors (Lipinski definition) is 1. The number of nitrogens with zero attached hydrogens (tertiary/aromatic N) is 2. The summed E-state index contributed by atoms with van der Waals surface area (Å²) < 4.78 is 25.0. The number of primary sulfonamides is 1. The normalized spacial score (nSPS) is 12.1. The molecule has 0 aliphatic heterocycles. The van der Waals surface area contributed by atoms with Gasteiger partial charge in [0.15, 0.2) is 0 Å². The molecule has 0 saturated heterocycles. The van der Waals surface area contributed by atoms with Crippen molar-refractivity contribution in [3.63, 3.8) is 0 Å². The Morgan fingerprint density at radius 1 is 0.897 bits per heavy atom. The van der Waals surface area contributed by atoms with Gasteiger partial charge in [-0.1, -0.05) is 30.3 Å². The maximum absolute atomic E-state index is 11.5. The number of aromatic nitrogens is 1. The van der Waals surface area contributed by atoms with Gasteiger partial charge in [-0.3, -0.25) is 4.99 Å². The predicted octanol–water partition coefficient (Wildman–Crippen LogP) is 4.65. The smallest absolute Gasteiger partial charge is 0.238 e. The third-order valence-corrected chi connectivity index (χ3v) is 5.91. The Labute approximate surface area is 170 Å². The van der Waals surface area contributed by atoms with Crippen LogP contribution in [0.5, 0.6) is 0 Å². The molecule has 0 atom stereocenters. The molecule has 6 heteroatoms.